The third-order valence-corrected chi connectivity index (χ3v) is 3.42. The minimum atomic E-state index is -0.278. The van der Waals surface area contributed by atoms with Crippen molar-refractivity contribution in [1.29, 1.82) is 0 Å². The number of rotatable bonds is 3. The number of fused-ring (bicyclic) bond motifs is 1. The van der Waals surface area contributed by atoms with Crippen molar-refractivity contribution in [1.82, 2.24) is 19.6 Å². The zero-order valence-corrected chi connectivity index (χ0v) is 9.90. The van der Waals surface area contributed by atoms with Crippen molar-refractivity contribution in [2.24, 2.45) is 0 Å². The van der Waals surface area contributed by atoms with Gasteiger partial charge in [-0.2, -0.15) is 5.10 Å². The molecule has 0 aliphatic carbocycles. The molecule has 1 N–H and O–H groups in total. The maximum Gasteiger partial charge on any atom is 0.348 e. The number of aromatic amines is 1. The normalized spacial score (nSPS) is 15.2. The van der Waals surface area contributed by atoms with Crippen molar-refractivity contribution in [2.45, 2.75) is 31.6 Å². The summed E-state index contributed by atoms with van der Waals surface area (Å²) in [4.78, 5) is 15.5. The monoisotopic (exact) mass is 240 g/mol. The van der Waals surface area contributed by atoms with Crippen LogP contribution in [0.25, 0.3) is 5.65 Å². The van der Waals surface area contributed by atoms with Gasteiger partial charge in [-0.05, 0) is 6.42 Å². The third-order valence-electron chi connectivity index (χ3n) is 2.73. The van der Waals surface area contributed by atoms with Crippen LogP contribution in [0.2, 0.25) is 0 Å². The highest BCUT2D eigenvalue weighted by Crippen LogP contribution is 2.23. The predicted molar refractivity (Wildman–Crippen MR) is 62.0 cm³/mol. The van der Waals surface area contributed by atoms with Crippen LogP contribution in [-0.2, 0) is 0 Å². The summed E-state index contributed by atoms with van der Waals surface area (Å²) in [6.45, 7) is 4.05. The predicted octanol–water partition coefficient (Wildman–Crippen LogP) is 1.54. The number of aromatic nitrogens is 4. The van der Waals surface area contributed by atoms with Gasteiger partial charge in [-0.25, -0.2) is 19.3 Å². The maximum atomic E-state index is 11.2. The van der Waals surface area contributed by atoms with Gasteiger partial charge in [-0.3, -0.25) is 0 Å². The highest BCUT2D eigenvalue weighted by atomic mass is 35.5. The molecule has 2 aromatic rings. The third kappa shape index (κ3) is 1.82. The molecule has 0 saturated heterocycles. The molecule has 2 heterocycles. The molecular formula is C10H13ClN4O. The lowest BCUT2D eigenvalue weighted by Gasteiger charge is -2.15. The van der Waals surface area contributed by atoms with Crippen molar-refractivity contribution in [3.63, 3.8) is 0 Å². The van der Waals surface area contributed by atoms with Gasteiger partial charge in [0.25, 0.3) is 0 Å². The molecule has 86 valence electrons. The van der Waals surface area contributed by atoms with E-state index in [2.05, 4.69) is 15.2 Å². The van der Waals surface area contributed by atoms with Crippen LogP contribution in [0.15, 0.2) is 17.2 Å². The number of H-pyrrole nitrogens is 1. The van der Waals surface area contributed by atoms with E-state index in [1.165, 1.54) is 10.7 Å². The van der Waals surface area contributed by atoms with Crippen LogP contribution in [0.4, 0.5) is 0 Å². The van der Waals surface area contributed by atoms with Crippen LogP contribution in [-0.4, -0.2) is 25.0 Å². The Labute approximate surface area is 97.5 Å². The van der Waals surface area contributed by atoms with E-state index in [4.69, 9.17) is 11.6 Å². The van der Waals surface area contributed by atoms with E-state index in [0.29, 0.717) is 5.65 Å². The van der Waals surface area contributed by atoms with Gasteiger partial charge in [-0.1, -0.05) is 13.8 Å². The van der Waals surface area contributed by atoms with E-state index in [1.54, 1.807) is 6.07 Å². The first kappa shape index (κ1) is 11.1. The lowest BCUT2D eigenvalue weighted by atomic mass is 10.0. The van der Waals surface area contributed by atoms with E-state index in [9.17, 15) is 4.79 Å². The summed E-state index contributed by atoms with van der Waals surface area (Å²) in [5, 5.41) is 6.30. The van der Waals surface area contributed by atoms with Crippen molar-refractivity contribution < 1.29 is 0 Å². The second-order valence-electron chi connectivity index (χ2n) is 3.78. The topological polar surface area (TPSA) is 63.0 Å². The molecule has 6 heteroatoms. The first-order valence-electron chi connectivity index (χ1n) is 5.20. The average molecular weight is 241 g/mol. The van der Waals surface area contributed by atoms with Crippen LogP contribution in [0.3, 0.4) is 0 Å². The number of nitrogens with zero attached hydrogens (tertiary/aromatic N) is 3. The van der Waals surface area contributed by atoms with Crippen LogP contribution in [0.5, 0.6) is 0 Å². The molecule has 0 aromatic carbocycles. The molecule has 0 fully saturated rings. The van der Waals surface area contributed by atoms with E-state index in [0.717, 1.165) is 12.1 Å². The highest BCUT2D eigenvalue weighted by molar-refractivity contribution is 6.21. The van der Waals surface area contributed by atoms with Gasteiger partial charge in [0.05, 0.1) is 5.69 Å². The fraction of sp³-hybridized carbons (Fsp3) is 0.500. The number of alkyl halides is 1. The minimum Gasteiger partial charge on any atom is -0.246 e. The second kappa shape index (κ2) is 4.25. The van der Waals surface area contributed by atoms with Crippen LogP contribution in [0, 0.1) is 0 Å². The summed E-state index contributed by atoms with van der Waals surface area (Å²) in [6.07, 6.45) is 2.36. The van der Waals surface area contributed by atoms with Crippen molar-refractivity contribution >= 4 is 17.2 Å². The summed E-state index contributed by atoms with van der Waals surface area (Å²) >= 11 is 6.17. The Morgan fingerprint density at radius 3 is 3.06 bits per heavy atom. The lowest BCUT2D eigenvalue weighted by Crippen LogP contribution is -2.13. The average Bonchev–Trinajstić information content (AvgIpc) is 2.68. The summed E-state index contributed by atoms with van der Waals surface area (Å²) in [6, 6.07) is 1.79. The summed E-state index contributed by atoms with van der Waals surface area (Å²) in [7, 11) is 0. The van der Waals surface area contributed by atoms with Gasteiger partial charge in [0, 0.05) is 17.4 Å². The van der Waals surface area contributed by atoms with E-state index in [-0.39, 0.29) is 17.0 Å². The summed E-state index contributed by atoms with van der Waals surface area (Å²) in [5.74, 6) is 0.142. The fourth-order valence-electron chi connectivity index (χ4n) is 1.61. The first-order valence-corrected chi connectivity index (χ1v) is 5.64. The molecule has 2 aromatic heterocycles. The van der Waals surface area contributed by atoms with Crippen LogP contribution in [0.1, 0.15) is 31.9 Å². The molecular weight excluding hydrogens is 228 g/mol. The quantitative estimate of drug-likeness (QED) is 0.828. The van der Waals surface area contributed by atoms with Gasteiger partial charge in [-0.15, -0.1) is 11.6 Å². The Bertz CT molecular complexity index is 547. The van der Waals surface area contributed by atoms with Gasteiger partial charge >= 0.3 is 5.69 Å². The Kier molecular flexibility index (Phi) is 2.96. The van der Waals surface area contributed by atoms with Crippen LogP contribution < -0.4 is 5.69 Å². The molecule has 0 amide bonds. The lowest BCUT2D eigenvalue weighted by molar-refractivity contribution is 0.654. The molecule has 0 spiro atoms. The van der Waals surface area contributed by atoms with E-state index in [1.807, 2.05) is 13.8 Å². The van der Waals surface area contributed by atoms with Gasteiger partial charge < -0.3 is 0 Å². The summed E-state index contributed by atoms with van der Waals surface area (Å²) in [5.41, 5.74) is 1.15. The Morgan fingerprint density at radius 2 is 2.38 bits per heavy atom. The maximum absolute atomic E-state index is 11.2. The van der Waals surface area contributed by atoms with Crippen molar-refractivity contribution in [3.05, 3.63) is 28.6 Å². The first-order chi connectivity index (χ1) is 7.63. The molecule has 0 saturated carbocycles. The molecule has 0 aliphatic heterocycles. The molecule has 0 radical (unpaired) electrons. The SMILES string of the molecule is CCC(Cl)C(C)c1cc2n[nH]c(=O)n2cn1. The molecule has 2 atom stereocenters. The minimum absolute atomic E-state index is 0.0422. The molecule has 5 nitrogen and oxygen atoms in total. The Morgan fingerprint density at radius 1 is 1.62 bits per heavy atom. The zero-order valence-electron chi connectivity index (χ0n) is 9.14. The number of nitrogens with one attached hydrogen (secondary N) is 1. The van der Waals surface area contributed by atoms with Crippen LogP contribution >= 0.6 is 11.6 Å². The fourth-order valence-corrected chi connectivity index (χ4v) is 1.74. The smallest absolute Gasteiger partial charge is 0.246 e. The van der Waals surface area contributed by atoms with Crippen molar-refractivity contribution in [2.75, 3.05) is 0 Å². The number of hydrogen-bond acceptors (Lipinski definition) is 3. The molecule has 2 unspecified atom stereocenters. The number of hydrogen-bond donors (Lipinski definition) is 1. The van der Waals surface area contributed by atoms with E-state index >= 15 is 0 Å². The highest BCUT2D eigenvalue weighted by Gasteiger charge is 2.16. The Hall–Kier alpha value is -1.36. The van der Waals surface area contributed by atoms with Gasteiger partial charge in [0.15, 0.2) is 5.65 Å². The molecule has 0 bridgehead atoms. The Balaban J connectivity index is 2.43. The second-order valence-corrected chi connectivity index (χ2v) is 4.34. The van der Waals surface area contributed by atoms with Gasteiger partial charge in [0.2, 0.25) is 0 Å². The molecule has 2 rings (SSSR count). The summed E-state index contributed by atoms with van der Waals surface area (Å²) < 4.78 is 1.37. The zero-order chi connectivity index (χ0) is 11.7. The van der Waals surface area contributed by atoms with Gasteiger partial charge in [0.1, 0.15) is 6.33 Å². The molecule has 16 heavy (non-hydrogen) atoms. The standard InChI is InChI=1S/C10H13ClN4O/c1-3-7(11)6(2)8-4-9-13-14-10(16)15(9)5-12-8/h4-7H,3H2,1-2H3,(H,14,16). The molecule has 0 aliphatic rings. The number of halogens is 1. The van der Waals surface area contributed by atoms with Crippen molar-refractivity contribution in [3.8, 4) is 0 Å². The van der Waals surface area contributed by atoms with E-state index < -0.39 is 0 Å². The largest absolute Gasteiger partial charge is 0.348 e.